The maximum atomic E-state index is 12.9. The number of amides is 1. The van der Waals surface area contributed by atoms with Gasteiger partial charge in [0.05, 0.1) is 13.2 Å². The zero-order valence-electron chi connectivity index (χ0n) is 15.7. The van der Waals surface area contributed by atoms with Gasteiger partial charge < -0.3 is 14.2 Å². The van der Waals surface area contributed by atoms with Crippen LogP contribution in [-0.2, 0) is 13.6 Å². The third kappa shape index (κ3) is 5.66. The zero-order chi connectivity index (χ0) is 18.1. The van der Waals surface area contributed by atoms with Crippen molar-refractivity contribution < 1.29 is 9.53 Å². The minimum absolute atomic E-state index is 0.0785. The number of carbonyl (C=O) groups is 1. The summed E-state index contributed by atoms with van der Waals surface area (Å²) in [5, 5.41) is 0. The van der Waals surface area contributed by atoms with Crippen LogP contribution >= 0.6 is 0 Å². The second-order valence-electron chi connectivity index (χ2n) is 6.42. The van der Waals surface area contributed by atoms with Crippen molar-refractivity contribution in [2.75, 3.05) is 13.2 Å². The van der Waals surface area contributed by atoms with E-state index in [0.717, 1.165) is 50.3 Å². The fraction of sp³-hybridized carbons (Fsp3) is 0.476. The number of hydrogen-bond acceptors (Lipinski definition) is 2. The minimum Gasteiger partial charge on any atom is -0.494 e. The molecule has 0 saturated heterocycles. The number of nitrogens with zero attached hydrogens (tertiary/aromatic N) is 2. The standard InChI is InChI=1S/C21H30N2O2/c1-4-6-15-23(17-19-9-8-14-22(19)3)21(24)18-10-12-20(13-11-18)25-16-7-5-2/h8-14H,4-7,15-17H2,1-3H3. The van der Waals surface area contributed by atoms with Crippen LogP contribution in [0.3, 0.4) is 0 Å². The molecule has 0 unspecified atom stereocenters. The zero-order valence-corrected chi connectivity index (χ0v) is 15.7. The SMILES string of the molecule is CCCCOc1ccc(C(=O)N(CCCC)Cc2cccn2C)cc1. The lowest BCUT2D eigenvalue weighted by Gasteiger charge is -2.23. The van der Waals surface area contributed by atoms with E-state index in [1.807, 2.05) is 48.5 Å². The smallest absolute Gasteiger partial charge is 0.254 e. The second-order valence-corrected chi connectivity index (χ2v) is 6.42. The fourth-order valence-electron chi connectivity index (χ4n) is 2.67. The number of benzene rings is 1. The van der Waals surface area contributed by atoms with Crippen molar-refractivity contribution in [1.82, 2.24) is 9.47 Å². The number of unbranched alkanes of at least 4 members (excludes halogenated alkanes) is 2. The molecule has 136 valence electrons. The predicted molar refractivity (Wildman–Crippen MR) is 102 cm³/mol. The van der Waals surface area contributed by atoms with E-state index < -0.39 is 0 Å². The van der Waals surface area contributed by atoms with Crippen LogP contribution in [0, 0.1) is 0 Å². The highest BCUT2D eigenvalue weighted by Crippen LogP contribution is 2.16. The molecule has 0 aliphatic heterocycles. The molecule has 0 spiro atoms. The quantitative estimate of drug-likeness (QED) is 0.589. The highest BCUT2D eigenvalue weighted by Gasteiger charge is 2.17. The summed E-state index contributed by atoms with van der Waals surface area (Å²) < 4.78 is 7.75. The van der Waals surface area contributed by atoms with E-state index in [9.17, 15) is 4.79 Å². The summed E-state index contributed by atoms with van der Waals surface area (Å²) in [5.74, 6) is 0.905. The molecule has 0 radical (unpaired) electrons. The average Bonchev–Trinajstić information content (AvgIpc) is 3.03. The third-order valence-corrected chi connectivity index (χ3v) is 4.34. The maximum Gasteiger partial charge on any atom is 0.254 e. The Hall–Kier alpha value is -2.23. The van der Waals surface area contributed by atoms with Crippen LogP contribution in [0.2, 0.25) is 0 Å². The van der Waals surface area contributed by atoms with Gasteiger partial charge in [-0.3, -0.25) is 4.79 Å². The average molecular weight is 342 g/mol. The van der Waals surface area contributed by atoms with Gasteiger partial charge in [-0.2, -0.15) is 0 Å². The first-order chi connectivity index (χ1) is 12.2. The summed E-state index contributed by atoms with van der Waals surface area (Å²) >= 11 is 0. The molecule has 4 heteroatoms. The van der Waals surface area contributed by atoms with Crippen molar-refractivity contribution in [3.05, 3.63) is 53.9 Å². The van der Waals surface area contributed by atoms with Gasteiger partial charge in [-0.15, -0.1) is 0 Å². The summed E-state index contributed by atoms with van der Waals surface area (Å²) in [6.07, 6.45) is 6.25. The molecule has 0 aliphatic carbocycles. The fourth-order valence-corrected chi connectivity index (χ4v) is 2.67. The molecule has 0 N–H and O–H groups in total. The van der Waals surface area contributed by atoms with Crippen LogP contribution < -0.4 is 4.74 Å². The van der Waals surface area contributed by atoms with Gasteiger partial charge in [0.15, 0.2) is 0 Å². The highest BCUT2D eigenvalue weighted by atomic mass is 16.5. The van der Waals surface area contributed by atoms with E-state index in [1.54, 1.807) is 0 Å². The van der Waals surface area contributed by atoms with Gasteiger partial charge in [-0.1, -0.05) is 26.7 Å². The molecule has 0 bridgehead atoms. The highest BCUT2D eigenvalue weighted by molar-refractivity contribution is 5.94. The van der Waals surface area contributed by atoms with Crippen molar-refractivity contribution in [2.45, 2.75) is 46.1 Å². The van der Waals surface area contributed by atoms with Gasteiger partial charge >= 0.3 is 0 Å². The Kier molecular flexibility index (Phi) is 7.58. The Morgan fingerprint density at radius 1 is 1.08 bits per heavy atom. The molecule has 2 rings (SSSR count). The molecular weight excluding hydrogens is 312 g/mol. The molecule has 0 fully saturated rings. The first-order valence-electron chi connectivity index (χ1n) is 9.28. The molecular formula is C21H30N2O2. The van der Waals surface area contributed by atoms with Crippen LogP contribution in [0.15, 0.2) is 42.6 Å². The van der Waals surface area contributed by atoms with Crippen LogP contribution in [0.1, 0.15) is 55.6 Å². The molecule has 1 aromatic carbocycles. The summed E-state index contributed by atoms with van der Waals surface area (Å²) in [7, 11) is 2.01. The van der Waals surface area contributed by atoms with Crippen molar-refractivity contribution in [2.24, 2.45) is 7.05 Å². The first kappa shape index (κ1) is 19.1. The van der Waals surface area contributed by atoms with Crippen LogP contribution in [0.5, 0.6) is 5.75 Å². The van der Waals surface area contributed by atoms with E-state index in [-0.39, 0.29) is 5.91 Å². The van der Waals surface area contributed by atoms with Crippen molar-refractivity contribution in [3.63, 3.8) is 0 Å². The lowest BCUT2D eigenvalue weighted by atomic mass is 10.1. The molecule has 1 amide bonds. The minimum atomic E-state index is 0.0785. The number of aromatic nitrogens is 1. The molecule has 1 aromatic heterocycles. The van der Waals surface area contributed by atoms with Gasteiger partial charge in [0, 0.05) is 31.0 Å². The molecule has 0 aliphatic rings. The first-order valence-corrected chi connectivity index (χ1v) is 9.28. The monoisotopic (exact) mass is 342 g/mol. The molecule has 25 heavy (non-hydrogen) atoms. The Labute approximate surface area is 151 Å². The number of rotatable bonds is 10. The molecule has 0 saturated carbocycles. The Morgan fingerprint density at radius 2 is 1.80 bits per heavy atom. The summed E-state index contributed by atoms with van der Waals surface area (Å²) in [6.45, 7) is 6.42. The topological polar surface area (TPSA) is 34.5 Å². The van der Waals surface area contributed by atoms with Crippen LogP contribution in [0.4, 0.5) is 0 Å². The predicted octanol–water partition coefficient (Wildman–Crippen LogP) is 4.65. The van der Waals surface area contributed by atoms with E-state index in [1.165, 1.54) is 0 Å². The van der Waals surface area contributed by atoms with Crippen LogP contribution in [0.25, 0.3) is 0 Å². The Bertz CT molecular complexity index is 646. The van der Waals surface area contributed by atoms with Gasteiger partial charge in [0.25, 0.3) is 5.91 Å². The molecule has 0 atom stereocenters. The van der Waals surface area contributed by atoms with Crippen molar-refractivity contribution in [3.8, 4) is 5.75 Å². The molecule has 4 nitrogen and oxygen atoms in total. The largest absolute Gasteiger partial charge is 0.494 e. The van der Waals surface area contributed by atoms with Crippen molar-refractivity contribution >= 4 is 5.91 Å². The lowest BCUT2D eigenvalue weighted by Crippen LogP contribution is -2.32. The third-order valence-electron chi connectivity index (χ3n) is 4.34. The molecule has 1 heterocycles. The van der Waals surface area contributed by atoms with E-state index >= 15 is 0 Å². The summed E-state index contributed by atoms with van der Waals surface area (Å²) in [6, 6.07) is 11.6. The number of hydrogen-bond donors (Lipinski definition) is 0. The normalized spacial score (nSPS) is 10.7. The van der Waals surface area contributed by atoms with Crippen LogP contribution in [-0.4, -0.2) is 28.5 Å². The van der Waals surface area contributed by atoms with Gasteiger partial charge in [-0.25, -0.2) is 0 Å². The van der Waals surface area contributed by atoms with E-state index in [2.05, 4.69) is 24.5 Å². The Balaban J connectivity index is 2.05. The van der Waals surface area contributed by atoms with E-state index in [4.69, 9.17) is 4.74 Å². The molecule has 2 aromatic rings. The lowest BCUT2D eigenvalue weighted by molar-refractivity contribution is 0.0737. The number of aryl methyl sites for hydroxylation is 1. The van der Waals surface area contributed by atoms with E-state index in [0.29, 0.717) is 12.1 Å². The van der Waals surface area contributed by atoms with Gasteiger partial charge in [-0.05, 0) is 49.2 Å². The van der Waals surface area contributed by atoms with Gasteiger partial charge in [0.2, 0.25) is 0 Å². The summed E-state index contributed by atoms with van der Waals surface area (Å²) in [5.41, 5.74) is 1.86. The Morgan fingerprint density at radius 3 is 2.40 bits per heavy atom. The van der Waals surface area contributed by atoms with Crippen molar-refractivity contribution in [1.29, 1.82) is 0 Å². The summed E-state index contributed by atoms with van der Waals surface area (Å²) in [4.78, 5) is 14.9. The number of ether oxygens (including phenoxy) is 1. The second kappa shape index (κ2) is 9.92. The maximum absolute atomic E-state index is 12.9. The number of carbonyl (C=O) groups excluding carboxylic acids is 1. The van der Waals surface area contributed by atoms with Gasteiger partial charge in [0.1, 0.15) is 5.75 Å².